The predicted octanol–water partition coefficient (Wildman–Crippen LogP) is 0.856. The highest BCUT2D eigenvalue weighted by Crippen LogP contribution is 2.14. The summed E-state index contributed by atoms with van der Waals surface area (Å²) in [6.45, 7) is 1.88. The zero-order chi connectivity index (χ0) is 11.7. The van der Waals surface area contributed by atoms with Crippen LogP contribution in [0.1, 0.15) is 16.1 Å². The summed E-state index contributed by atoms with van der Waals surface area (Å²) in [4.78, 5) is 14.7. The Balaban J connectivity index is 2.55. The topological polar surface area (TPSA) is 94.0 Å². The van der Waals surface area contributed by atoms with E-state index in [0.717, 1.165) is 5.56 Å². The van der Waals surface area contributed by atoms with Crippen molar-refractivity contribution in [1.29, 1.82) is 0 Å². The number of hydrogen-bond donors (Lipinski definition) is 2. The van der Waals surface area contributed by atoms with Gasteiger partial charge in [-0.05, 0) is 24.6 Å². The molecule has 0 aliphatic heterocycles. The van der Waals surface area contributed by atoms with E-state index in [1.165, 1.54) is 16.8 Å². The van der Waals surface area contributed by atoms with Gasteiger partial charge in [-0.1, -0.05) is 0 Å². The second kappa shape index (κ2) is 3.65. The Morgan fingerprint density at radius 3 is 2.81 bits per heavy atom. The van der Waals surface area contributed by atoms with Gasteiger partial charge in [0, 0.05) is 6.20 Å². The van der Waals surface area contributed by atoms with Crippen molar-refractivity contribution in [3.05, 3.63) is 35.8 Å². The maximum absolute atomic E-state index is 10.8. The zero-order valence-corrected chi connectivity index (χ0v) is 8.58. The van der Waals surface area contributed by atoms with Crippen LogP contribution in [0.25, 0.3) is 5.82 Å². The quantitative estimate of drug-likeness (QED) is 0.779. The van der Waals surface area contributed by atoms with Gasteiger partial charge < -0.3 is 10.8 Å². The number of carboxylic acid groups (broad SMARTS) is 1. The van der Waals surface area contributed by atoms with Crippen LogP contribution in [0.5, 0.6) is 0 Å². The van der Waals surface area contributed by atoms with Crippen molar-refractivity contribution in [3.63, 3.8) is 0 Å². The number of nitrogens with zero attached hydrogens (tertiary/aromatic N) is 3. The van der Waals surface area contributed by atoms with Crippen LogP contribution in [0, 0.1) is 6.92 Å². The Hall–Kier alpha value is -2.37. The number of nitrogens with two attached hydrogens (primary N) is 1. The predicted molar refractivity (Wildman–Crippen MR) is 57.5 cm³/mol. The molecule has 0 aromatic carbocycles. The third kappa shape index (κ3) is 1.72. The van der Waals surface area contributed by atoms with Crippen molar-refractivity contribution >= 4 is 11.7 Å². The second-order valence-electron chi connectivity index (χ2n) is 3.38. The van der Waals surface area contributed by atoms with Gasteiger partial charge in [0.25, 0.3) is 0 Å². The van der Waals surface area contributed by atoms with E-state index in [2.05, 4.69) is 10.1 Å². The molecular weight excluding hydrogens is 208 g/mol. The van der Waals surface area contributed by atoms with Gasteiger partial charge in [-0.25, -0.2) is 14.5 Å². The highest BCUT2D eigenvalue weighted by molar-refractivity contribution is 5.86. The normalized spacial score (nSPS) is 10.3. The standard InChI is InChI=1S/C10H10N4O2/c1-6-4-12-14(5-6)9-7(11)2-3-8(13-9)10(15)16/h2-5H,11H2,1H3,(H,15,16). The number of aryl methyl sites for hydroxylation is 1. The second-order valence-corrected chi connectivity index (χ2v) is 3.38. The number of anilines is 1. The van der Waals surface area contributed by atoms with E-state index in [1.54, 1.807) is 12.4 Å². The summed E-state index contributed by atoms with van der Waals surface area (Å²) in [6, 6.07) is 2.86. The summed E-state index contributed by atoms with van der Waals surface area (Å²) < 4.78 is 1.46. The lowest BCUT2D eigenvalue weighted by molar-refractivity contribution is 0.0690. The van der Waals surface area contributed by atoms with Crippen LogP contribution in [-0.2, 0) is 0 Å². The molecule has 3 N–H and O–H groups in total. The Kier molecular flexibility index (Phi) is 2.32. The molecule has 6 nitrogen and oxygen atoms in total. The molecule has 0 fully saturated rings. The van der Waals surface area contributed by atoms with E-state index in [4.69, 9.17) is 10.8 Å². The number of carbonyl (C=O) groups is 1. The first-order chi connectivity index (χ1) is 7.58. The minimum atomic E-state index is -1.09. The summed E-state index contributed by atoms with van der Waals surface area (Å²) >= 11 is 0. The minimum Gasteiger partial charge on any atom is -0.477 e. The lowest BCUT2D eigenvalue weighted by Gasteiger charge is -2.05. The molecule has 82 valence electrons. The Morgan fingerprint density at radius 1 is 1.50 bits per heavy atom. The van der Waals surface area contributed by atoms with Gasteiger partial charge in [0.1, 0.15) is 0 Å². The largest absolute Gasteiger partial charge is 0.477 e. The molecule has 0 aliphatic rings. The molecule has 2 heterocycles. The number of aromatic carboxylic acids is 1. The van der Waals surface area contributed by atoms with Gasteiger partial charge in [0.05, 0.1) is 11.9 Å². The third-order valence-electron chi connectivity index (χ3n) is 2.05. The van der Waals surface area contributed by atoms with Crippen molar-refractivity contribution in [1.82, 2.24) is 14.8 Å². The van der Waals surface area contributed by atoms with Crippen molar-refractivity contribution < 1.29 is 9.90 Å². The SMILES string of the molecule is Cc1cnn(-c2nc(C(=O)O)ccc2N)c1. The van der Waals surface area contributed by atoms with Crippen LogP contribution in [0.4, 0.5) is 5.69 Å². The number of nitrogen functional groups attached to an aromatic ring is 1. The van der Waals surface area contributed by atoms with E-state index in [9.17, 15) is 4.79 Å². The summed E-state index contributed by atoms with van der Waals surface area (Å²) in [5.41, 5.74) is 6.99. The molecule has 16 heavy (non-hydrogen) atoms. The van der Waals surface area contributed by atoms with Crippen molar-refractivity contribution in [3.8, 4) is 5.82 Å². The zero-order valence-electron chi connectivity index (χ0n) is 8.58. The molecule has 0 amide bonds. The minimum absolute atomic E-state index is 0.0580. The summed E-state index contributed by atoms with van der Waals surface area (Å²) in [7, 11) is 0. The van der Waals surface area contributed by atoms with Crippen LogP contribution in [-0.4, -0.2) is 25.8 Å². The summed E-state index contributed by atoms with van der Waals surface area (Å²) in [5, 5.41) is 12.8. The van der Waals surface area contributed by atoms with Crippen LogP contribution >= 0.6 is 0 Å². The van der Waals surface area contributed by atoms with Gasteiger partial charge in [-0.2, -0.15) is 5.10 Å². The number of pyridine rings is 1. The average Bonchev–Trinajstić information content (AvgIpc) is 2.65. The molecule has 0 saturated carbocycles. The van der Waals surface area contributed by atoms with Crippen LogP contribution in [0.15, 0.2) is 24.5 Å². The van der Waals surface area contributed by atoms with E-state index in [1.807, 2.05) is 6.92 Å². The van der Waals surface area contributed by atoms with Gasteiger partial charge in [0.15, 0.2) is 11.5 Å². The molecule has 6 heteroatoms. The molecule has 0 aliphatic carbocycles. The van der Waals surface area contributed by atoms with Gasteiger partial charge >= 0.3 is 5.97 Å². The molecule has 0 radical (unpaired) electrons. The van der Waals surface area contributed by atoms with Crippen LogP contribution in [0.2, 0.25) is 0 Å². The number of hydrogen-bond acceptors (Lipinski definition) is 4. The first kappa shape index (κ1) is 10.2. The Labute approximate surface area is 91.3 Å². The summed E-state index contributed by atoms with van der Waals surface area (Å²) in [5.74, 6) is -0.766. The van der Waals surface area contributed by atoms with Crippen molar-refractivity contribution in [2.24, 2.45) is 0 Å². The number of aromatic nitrogens is 3. The first-order valence-corrected chi connectivity index (χ1v) is 4.59. The van der Waals surface area contributed by atoms with Crippen LogP contribution < -0.4 is 5.73 Å². The first-order valence-electron chi connectivity index (χ1n) is 4.59. The fraction of sp³-hybridized carbons (Fsp3) is 0.100. The van der Waals surface area contributed by atoms with Gasteiger partial charge in [0.2, 0.25) is 0 Å². The van der Waals surface area contributed by atoms with Gasteiger partial charge in [-0.3, -0.25) is 0 Å². The maximum atomic E-state index is 10.8. The molecule has 2 aromatic heterocycles. The molecule has 0 bridgehead atoms. The average molecular weight is 218 g/mol. The Morgan fingerprint density at radius 2 is 2.25 bits per heavy atom. The molecule has 0 atom stereocenters. The smallest absolute Gasteiger partial charge is 0.354 e. The van der Waals surface area contributed by atoms with Crippen molar-refractivity contribution in [2.75, 3.05) is 5.73 Å². The van der Waals surface area contributed by atoms with E-state index in [-0.39, 0.29) is 5.69 Å². The monoisotopic (exact) mass is 218 g/mol. The molecular formula is C10H10N4O2. The maximum Gasteiger partial charge on any atom is 0.354 e. The van der Waals surface area contributed by atoms with Crippen LogP contribution in [0.3, 0.4) is 0 Å². The molecule has 0 saturated heterocycles. The lowest BCUT2D eigenvalue weighted by Crippen LogP contribution is -2.08. The lowest BCUT2D eigenvalue weighted by atomic mass is 10.3. The van der Waals surface area contributed by atoms with Gasteiger partial charge in [-0.15, -0.1) is 0 Å². The highest BCUT2D eigenvalue weighted by atomic mass is 16.4. The molecule has 0 spiro atoms. The molecule has 0 unspecified atom stereocenters. The van der Waals surface area contributed by atoms with E-state index >= 15 is 0 Å². The molecule has 2 rings (SSSR count). The van der Waals surface area contributed by atoms with Crippen molar-refractivity contribution in [2.45, 2.75) is 6.92 Å². The molecule has 2 aromatic rings. The fourth-order valence-electron chi connectivity index (χ4n) is 1.29. The number of rotatable bonds is 2. The summed E-state index contributed by atoms with van der Waals surface area (Å²) in [6.07, 6.45) is 3.37. The van der Waals surface area contributed by atoms with E-state index in [0.29, 0.717) is 11.5 Å². The highest BCUT2D eigenvalue weighted by Gasteiger charge is 2.10. The van der Waals surface area contributed by atoms with E-state index < -0.39 is 5.97 Å². The number of carboxylic acids is 1. The fourth-order valence-corrected chi connectivity index (χ4v) is 1.29. The third-order valence-corrected chi connectivity index (χ3v) is 2.05. The Bertz CT molecular complexity index is 548.